The van der Waals surface area contributed by atoms with E-state index in [1.807, 2.05) is 6.07 Å². The molecule has 1 amide bonds. The Hall–Kier alpha value is -2.55. The predicted octanol–water partition coefficient (Wildman–Crippen LogP) is 3.09. The van der Waals surface area contributed by atoms with Crippen molar-refractivity contribution >= 4 is 11.8 Å². The lowest BCUT2D eigenvalue weighted by atomic mass is 10.0. The number of aryl methyl sites for hydroxylation is 2. The van der Waals surface area contributed by atoms with Crippen molar-refractivity contribution in [3.05, 3.63) is 38.9 Å². The Balaban J connectivity index is 2.81. The van der Waals surface area contributed by atoms with E-state index in [1.54, 1.807) is 34.6 Å². The Morgan fingerprint density at radius 2 is 2.00 bits per heavy atom. The first-order valence-electron chi connectivity index (χ1n) is 6.81. The first-order valence-corrected chi connectivity index (χ1v) is 6.81. The summed E-state index contributed by atoms with van der Waals surface area (Å²) in [5.41, 5.74) is 1.30. The number of alkyl carbamates (subject to hydrolysis) is 1. The maximum absolute atomic E-state index is 11.4. The van der Waals surface area contributed by atoms with Gasteiger partial charge in [0.25, 0.3) is 5.69 Å². The fourth-order valence-corrected chi connectivity index (χ4v) is 1.81. The van der Waals surface area contributed by atoms with E-state index in [1.165, 1.54) is 6.07 Å². The number of carbonyl (C=O) groups is 1. The lowest BCUT2D eigenvalue weighted by Crippen LogP contribution is -2.32. The summed E-state index contributed by atoms with van der Waals surface area (Å²) in [6, 6.07) is 3.32. The van der Waals surface area contributed by atoms with Gasteiger partial charge in [0.05, 0.1) is 11.5 Å². The fraction of sp³-hybridized carbons (Fsp3) is 0.438. The first kappa shape index (κ1) is 17.5. The van der Waals surface area contributed by atoms with Gasteiger partial charge in [-0.15, -0.1) is 0 Å². The summed E-state index contributed by atoms with van der Waals surface area (Å²) in [4.78, 5) is 22.1. The van der Waals surface area contributed by atoms with Crippen molar-refractivity contribution in [2.75, 3.05) is 6.54 Å². The van der Waals surface area contributed by atoms with Crippen LogP contribution >= 0.6 is 0 Å². The number of hydrogen-bond acceptors (Lipinski definition) is 4. The number of hydrogen-bond donors (Lipinski definition) is 1. The van der Waals surface area contributed by atoms with Crippen molar-refractivity contribution in [1.29, 1.82) is 0 Å². The lowest BCUT2D eigenvalue weighted by Gasteiger charge is -2.19. The van der Waals surface area contributed by atoms with Gasteiger partial charge in [-0.05, 0) is 45.7 Å². The maximum Gasteiger partial charge on any atom is 0.408 e. The zero-order valence-corrected chi connectivity index (χ0v) is 13.4. The van der Waals surface area contributed by atoms with Crippen LogP contribution in [0.2, 0.25) is 0 Å². The van der Waals surface area contributed by atoms with Crippen LogP contribution < -0.4 is 5.32 Å². The molecule has 0 fully saturated rings. The molecule has 0 atom stereocenters. The van der Waals surface area contributed by atoms with E-state index in [4.69, 9.17) is 4.74 Å². The van der Waals surface area contributed by atoms with Crippen molar-refractivity contribution in [3.8, 4) is 11.8 Å². The third kappa shape index (κ3) is 5.44. The molecule has 0 saturated heterocycles. The topological polar surface area (TPSA) is 81.5 Å². The molecule has 1 aromatic carbocycles. The van der Waals surface area contributed by atoms with Crippen LogP contribution in [0.5, 0.6) is 0 Å². The molecule has 0 heterocycles. The quantitative estimate of drug-likeness (QED) is 0.517. The van der Waals surface area contributed by atoms with E-state index in [9.17, 15) is 14.9 Å². The van der Waals surface area contributed by atoms with Crippen molar-refractivity contribution < 1.29 is 14.5 Å². The summed E-state index contributed by atoms with van der Waals surface area (Å²) < 4.78 is 5.07. The Kier molecular flexibility index (Phi) is 5.52. The van der Waals surface area contributed by atoms with Gasteiger partial charge in [-0.3, -0.25) is 10.1 Å². The zero-order valence-electron chi connectivity index (χ0n) is 13.4. The van der Waals surface area contributed by atoms with Gasteiger partial charge in [0.1, 0.15) is 11.2 Å². The molecule has 1 aromatic rings. The fourth-order valence-electron chi connectivity index (χ4n) is 1.81. The Morgan fingerprint density at radius 3 is 2.55 bits per heavy atom. The van der Waals surface area contributed by atoms with Gasteiger partial charge in [0.15, 0.2) is 0 Å². The highest BCUT2D eigenvalue weighted by molar-refractivity contribution is 5.68. The molecule has 22 heavy (non-hydrogen) atoms. The molecule has 118 valence electrons. The average molecular weight is 304 g/mol. The maximum atomic E-state index is 11.4. The molecule has 1 rings (SSSR count). The lowest BCUT2D eigenvalue weighted by molar-refractivity contribution is -0.385. The summed E-state index contributed by atoms with van der Waals surface area (Å²) >= 11 is 0. The third-order valence-corrected chi connectivity index (χ3v) is 2.59. The number of rotatable bonds is 2. The number of ether oxygens (including phenoxy) is 1. The number of benzene rings is 1. The highest BCUT2D eigenvalue weighted by Crippen LogP contribution is 2.23. The standard InChI is InChI=1S/C16H20N2O4/c1-11-9-12(2)13(14(10-11)18(20)21)7-6-8-17-15(19)22-16(3,4)5/h9-10H,8H2,1-5H3,(H,17,19). The smallest absolute Gasteiger partial charge is 0.408 e. The second-order valence-electron chi connectivity index (χ2n) is 5.89. The van der Waals surface area contributed by atoms with Gasteiger partial charge in [-0.25, -0.2) is 4.79 Å². The Morgan fingerprint density at radius 1 is 1.36 bits per heavy atom. The molecule has 0 bridgehead atoms. The molecule has 0 aliphatic carbocycles. The van der Waals surface area contributed by atoms with Crippen LogP contribution in [0.15, 0.2) is 12.1 Å². The molecule has 0 radical (unpaired) electrons. The molecule has 0 aliphatic heterocycles. The first-order chi connectivity index (χ1) is 10.1. The number of nitrogens with one attached hydrogen (secondary N) is 1. The summed E-state index contributed by atoms with van der Waals surface area (Å²) in [7, 11) is 0. The molecule has 6 nitrogen and oxygen atoms in total. The van der Waals surface area contributed by atoms with Crippen LogP contribution in [0, 0.1) is 35.8 Å². The number of nitrogens with zero attached hydrogens (tertiary/aromatic N) is 1. The molecule has 0 aliphatic rings. The van der Waals surface area contributed by atoms with Crippen LogP contribution in [0.25, 0.3) is 0 Å². The Labute approximate surface area is 130 Å². The second kappa shape index (κ2) is 6.94. The SMILES string of the molecule is Cc1cc(C)c(C#CCNC(=O)OC(C)(C)C)c([N+](=O)[O-])c1. The van der Waals surface area contributed by atoms with Gasteiger partial charge in [0, 0.05) is 6.07 Å². The third-order valence-electron chi connectivity index (χ3n) is 2.59. The van der Waals surface area contributed by atoms with Gasteiger partial charge >= 0.3 is 6.09 Å². The van der Waals surface area contributed by atoms with Crippen LogP contribution in [-0.4, -0.2) is 23.2 Å². The molecular formula is C16H20N2O4. The molecule has 1 N–H and O–H groups in total. The minimum atomic E-state index is -0.580. The van der Waals surface area contributed by atoms with Crippen molar-refractivity contribution in [1.82, 2.24) is 5.32 Å². The normalized spacial score (nSPS) is 10.4. The van der Waals surface area contributed by atoms with E-state index in [-0.39, 0.29) is 12.2 Å². The minimum Gasteiger partial charge on any atom is -0.444 e. The minimum absolute atomic E-state index is 0.0257. The van der Waals surface area contributed by atoms with E-state index < -0.39 is 16.6 Å². The van der Waals surface area contributed by atoms with Crippen molar-refractivity contribution in [2.45, 2.75) is 40.2 Å². The van der Waals surface area contributed by atoms with Crippen LogP contribution in [0.4, 0.5) is 10.5 Å². The highest BCUT2D eigenvalue weighted by Gasteiger charge is 2.16. The summed E-state index contributed by atoms with van der Waals surface area (Å²) in [6.07, 6.45) is -0.572. The molecule has 6 heteroatoms. The highest BCUT2D eigenvalue weighted by atomic mass is 16.6. The van der Waals surface area contributed by atoms with Gasteiger partial charge < -0.3 is 10.1 Å². The molecule has 0 unspecified atom stereocenters. The second-order valence-corrected chi connectivity index (χ2v) is 5.89. The molecular weight excluding hydrogens is 284 g/mol. The van der Waals surface area contributed by atoms with Crippen molar-refractivity contribution in [3.63, 3.8) is 0 Å². The van der Waals surface area contributed by atoms with Crippen LogP contribution in [0.1, 0.15) is 37.5 Å². The largest absolute Gasteiger partial charge is 0.444 e. The number of nitro groups is 1. The number of amides is 1. The Bertz CT molecular complexity index is 649. The van der Waals surface area contributed by atoms with Gasteiger partial charge in [0.2, 0.25) is 0 Å². The molecule has 0 spiro atoms. The van der Waals surface area contributed by atoms with Crippen LogP contribution in [0.3, 0.4) is 0 Å². The summed E-state index contributed by atoms with van der Waals surface area (Å²) in [5.74, 6) is 5.45. The van der Waals surface area contributed by atoms with Crippen molar-refractivity contribution in [2.24, 2.45) is 0 Å². The summed E-state index contributed by atoms with van der Waals surface area (Å²) in [5, 5.41) is 13.6. The van der Waals surface area contributed by atoms with Crippen LogP contribution in [-0.2, 0) is 4.74 Å². The summed E-state index contributed by atoms with van der Waals surface area (Å²) in [6.45, 7) is 8.90. The van der Waals surface area contributed by atoms with E-state index in [0.29, 0.717) is 5.56 Å². The number of nitro benzene ring substituents is 1. The molecule has 0 aromatic heterocycles. The molecule has 0 saturated carbocycles. The van der Waals surface area contributed by atoms with E-state index in [0.717, 1.165) is 11.1 Å². The van der Waals surface area contributed by atoms with E-state index in [2.05, 4.69) is 17.2 Å². The van der Waals surface area contributed by atoms with Gasteiger partial charge in [-0.2, -0.15) is 0 Å². The van der Waals surface area contributed by atoms with E-state index >= 15 is 0 Å². The monoisotopic (exact) mass is 304 g/mol. The zero-order chi connectivity index (χ0) is 16.9. The van der Waals surface area contributed by atoms with Gasteiger partial charge in [-0.1, -0.05) is 17.9 Å². The average Bonchev–Trinajstić information content (AvgIpc) is 2.33. The number of carbonyl (C=O) groups excluding carboxylic acids is 1. The predicted molar refractivity (Wildman–Crippen MR) is 83.7 cm³/mol.